The number of nitrogens with one attached hydrogen (secondary N) is 1. The molecule has 0 aromatic heterocycles. The monoisotopic (exact) mass is 324 g/mol. The van der Waals surface area contributed by atoms with Crippen LogP contribution in [0.15, 0.2) is 22.7 Å². The Hall–Kier alpha value is -1.54. The van der Waals surface area contributed by atoms with Gasteiger partial charge in [-0.1, -0.05) is 18.9 Å². The zero-order valence-electron chi connectivity index (χ0n) is 10.7. The van der Waals surface area contributed by atoms with Gasteiger partial charge in [-0.25, -0.2) is 0 Å². The zero-order valence-corrected chi connectivity index (χ0v) is 12.2. The Bertz CT molecular complexity index is 469. The van der Waals surface area contributed by atoms with Crippen LogP contribution in [0, 0.1) is 11.3 Å². The summed E-state index contributed by atoms with van der Waals surface area (Å²) in [6.07, 6.45) is 3.87. The Balaban J connectivity index is 2.25. The highest BCUT2D eigenvalue weighted by Gasteiger charge is 2.04. The van der Waals surface area contributed by atoms with Gasteiger partial charge in [0.2, 0.25) is 0 Å². The number of nitrogens with zero attached hydrogens (tertiary/aromatic N) is 1. The molecule has 0 atom stereocenters. The number of nitriles is 1. The molecule has 1 aromatic rings. The second kappa shape index (κ2) is 8.54. The van der Waals surface area contributed by atoms with Crippen molar-refractivity contribution in [1.29, 1.82) is 5.26 Å². The van der Waals surface area contributed by atoms with Crippen LogP contribution < -0.4 is 5.32 Å². The number of carboxylic acids is 1. The maximum atomic E-state index is 10.3. The van der Waals surface area contributed by atoms with Crippen molar-refractivity contribution in [3.63, 3.8) is 0 Å². The molecule has 0 saturated heterocycles. The van der Waals surface area contributed by atoms with Crippen molar-refractivity contribution in [2.45, 2.75) is 32.1 Å². The van der Waals surface area contributed by atoms with Crippen LogP contribution in [0.3, 0.4) is 0 Å². The minimum Gasteiger partial charge on any atom is -0.481 e. The van der Waals surface area contributed by atoms with E-state index in [0.717, 1.165) is 42.4 Å². The van der Waals surface area contributed by atoms with Gasteiger partial charge in [-0.15, -0.1) is 0 Å². The average molecular weight is 325 g/mol. The number of unbranched alkanes of at least 4 members (excludes halogenated alkanes) is 3. The molecule has 1 rings (SSSR count). The molecule has 0 amide bonds. The predicted octanol–water partition coefficient (Wildman–Crippen LogP) is 3.77. The van der Waals surface area contributed by atoms with Crippen molar-refractivity contribution < 1.29 is 9.90 Å². The molecule has 5 heteroatoms. The summed E-state index contributed by atoms with van der Waals surface area (Å²) in [7, 11) is 0. The van der Waals surface area contributed by atoms with Crippen LogP contribution in [0.5, 0.6) is 0 Å². The van der Waals surface area contributed by atoms with E-state index >= 15 is 0 Å². The van der Waals surface area contributed by atoms with Crippen LogP contribution >= 0.6 is 15.9 Å². The smallest absolute Gasteiger partial charge is 0.303 e. The maximum absolute atomic E-state index is 10.3. The number of aliphatic carboxylic acids is 1. The van der Waals surface area contributed by atoms with E-state index in [1.165, 1.54) is 0 Å². The molecule has 19 heavy (non-hydrogen) atoms. The number of halogens is 1. The van der Waals surface area contributed by atoms with Crippen LogP contribution in [0.4, 0.5) is 5.69 Å². The van der Waals surface area contributed by atoms with Crippen LogP contribution in [0.1, 0.15) is 37.7 Å². The molecule has 0 heterocycles. The lowest BCUT2D eigenvalue weighted by atomic mass is 10.1. The molecule has 0 fully saturated rings. The Morgan fingerprint density at radius 1 is 1.32 bits per heavy atom. The molecule has 0 radical (unpaired) electrons. The van der Waals surface area contributed by atoms with E-state index in [1.54, 1.807) is 0 Å². The number of hydrogen-bond acceptors (Lipinski definition) is 3. The quantitative estimate of drug-likeness (QED) is 0.714. The van der Waals surface area contributed by atoms with E-state index in [2.05, 4.69) is 27.3 Å². The minimum atomic E-state index is -0.731. The van der Waals surface area contributed by atoms with Crippen molar-refractivity contribution in [2.75, 3.05) is 11.9 Å². The summed E-state index contributed by atoms with van der Waals surface area (Å²) in [5, 5.41) is 20.8. The van der Waals surface area contributed by atoms with Crippen LogP contribution in [0.25, 0.3) is 0 Å². The molecular formula is C14H17BrN2O2. The number of carboxylic acid groups (broad SMARTS) is 1. The summed E-state index contributed by atoms with van der Waals surface area (Å²) in [5.41, 5.74) is 1.45. The van der Waals surface area contributed by atoms with Crippen molar-refractivity contribution in [2.24, 2.45) is 0 Å². The Morgan fingerprint density at radius 3 is 2.74 bits per heavy atom. The van der Waals surface area contributed by atoms with Crippen molar-refractivity contribution in [3.05, 3.63) is 28.2 Å². The van der Waals surface area contributed by atoms with E-state index in [-0.39, 0.29) is 6.42 Å². The molecule has 0 aliphatic heterocycles. The lowest BCUT2D eigenvalue weighted by molar-refractivity contribution is -0.137. The summed E-state index contributed by atoms with van der Waals surface area (Å²) in [5.74, 6) is -0.731. The molecule has 1 aromatic carbocycles. The molecule has 102 valence electrons. The van der Waals surface area contributed by atoms with E-state index in [4.69, 9.17) is 10.4 Å². The molecule has 0 spiro atoms. The predicted molar refractivity (Wildman–Crippen MR) is 78.1 cm³/mol. The fraction of sp³-hybridized carbons (Fsp3) is 0.429. The topological polar surface area (TPSA) is 73.1 Å². The molecule has 0 aliphatic carbocycles. The van der Waals surface area contributed by atoms with Crippen LogP contribution in [0.2, 0.25) is 0 Å². The van der Waals surface area contributed by atoms with Gasteiger partial charge in [0.15, 0.2) is 0 Å². The largest absolute Gasteiger partial charge is 0.481 e. The molecule has 4 nitrogen and oxygen atoms in total. The highest BCUT2D eigenvalue weighted by Crippen LogP contribution is 2.23. The van der Waals surface area contributed by atoms with Crippen molar-refractivity contribution >= 4 is 27.6 Å². The van der Waals surface area contributed by atoms with Crippen LogP contribution in [-0.2, 0) is 4.79 Å². The number of benzene rings is 1. The Morgan fingerprint density at radius 2 is 2.05 bits per heavy atom. The maximum Gasteiger partial charge on any atom is 0.303 e. The van der Waals surface area contributed by atoms with Gasteiger partial charge in [-0.2, -0.15) is 5.26 Å². The van der Waals surface area contributed by atoms with Gasteiger partial charge in [-0.3, -0.25) is 4.79 Å². The summed E-state index contributed by atoms with van der Waals surface area (Å²) >= 11 is 3.35. The summed E-state index contributed by atoms with van der Waals surface area (Å²) in [6, 6.07) is 7.78. The average Bonchev–Trinajstić information content (AvgIpc) is 2.37. The van der Waals surface area contributed by atoms with Gasteiger partial charge < -0.3 is 10.4 Å². The highest BCUT2D eigenvalue weighted by molar-refractivity contribution is 9.10. The molecule has 0 saturated carbocycles. The molecule has 2 N–H and O–H groups in total. The standard InChI is InChI=1S/C14H17BrN2O2/c15-12-6-5-7-13(11(12)10-16)17-9-4-2-1-3-8-14(18)19/h5-7,17H,1-4,8-9H2,(H,18,19). The third-order valence-electron chi connectivity index (χ3n) is 2.76. The third kappa shape index (κ3) is 5.75. The second-order valence-electron chi connectivity index (χ2n) is 4.26. The zero-order chi connectivity index (χ0) is 14.1. The van der Waals surface area contributed by atoms with E-state index in [0.29, 0.717) is 5.56 Å². The lowest BCUT2D eigenvalue weighted by Gasteiger charge is -2.08. The Kier molecular flexibility index (Phi) is 6.98. The van der Waals surface area contributed by atoms with E-state index in [9.17, 15) is 4.79 Å². The lowest BCUT2D eigenvalue weighted by Crippen LogP contribution is -2.03. The number of rotatable bonds is 8. The van der Waals surface area contributed by atoms with Gasteiger partial charge in [0.25, 0.3) is 0 Å². The first-order chi connectivity index (χ1) is 9.15. The molecule has 0 bridgehead atoms. The minimum absolute atomic E-state index is 0.248. The fourth-order valence-corrected chi connectivity index (χ4v) is 2.22. The summed E-state index contributed by atoms with van der Waals surface area (Å²) in [6.45, 7) is 0.790. The van der Waals surface area contributed by atoms with Gasteiger partial charge in [0, 0.05) is 17.4 Å². The first-order valence-corrected chi connectivity index (χ1v) is 7.08. The highest BCUT2D eigenvalue weighted by atomic mass is 79.9. The number of carbonyl (C=O) groups is 1. The van der Waals surface area contributed by atoms with Gasteiger partial charge in [0.1, 0.15) is 6.07 Å². The van der Waals surface area contributed by atoms with Crippen molar-refractivity contribution in [3.8, 4) is 6.07 Å². The first-order valence-electron chi connectivity index (χ1n) is 6.29. The van der Waals surface area contributed by atoms with E-state index < -0.39 is 5.97 Å². The summed E-state index contributed by atoms with van der Waals surface area (Å²) < 4.78 is 0.793. The summed E-state index contributed by atoms with van der Waals surface area (Å²) in [4.78, 5) is 10.3. The number of anilines is 1. The van der Waals surface area contributed by atoms with Gasteiger partial charge >= 0.3 is 5.97 Å². The Labute approximate surface area is 121 Å². The van der Waals surface area contributed by atoms with Gasteiger partial charge in [-0.05, 0) is 40.9 Å². The fourth-order valence-electron chi connectivity index (χ4n) is 1.76. The number of hydrogen-bond donors (Lipinski definition) is 2. The van der Waals surface area contributed by atoms with E-state index in [1.807, 2.05) is 18.2 Å². The molecular weight excluding hydrogens is 308 g/mol. The van der Waals surface area contributed by atoms with Gasteiger partial charge in [0.05, 0.1) is 11.3 Å². The van der Waals surface area contributed by atoms with Crippen molar-refractivity contribution in [1.82, 2.24) is 0 Å². The molecule has 0 unspecified atom stereocenters. The third-order valence-corrected chi connectivity index (χ3v) is 3.42. The molecule has 0 aliphatic rings. The van der Waals surface area contributed by atoms with Crippen LogP contribution in [-0.4, -0.2) is 17.6 Å². The second-order valence-corrected chi connectivity index (χ2v) is 5.11. The normalized spacial score (nSPS) is 9.89. The SMILES string of the molecule is N#Cc1c(Br)cccc1NCCCCCCC(=O)O. The first kappa shape index (κ1) is 15.5.